The summed E-state index contributed by atoms with van der Waals surface area (Å²) >= 11 is 0. The summed E-state index contributed by atoms with van der Waals surface area (Å²) in [4.78, 5) is 2.71. The zero-order chi connectivity index (χ0) is 14.3. The molecule has 1 rings (SSSR count). The molecule has 0 amide bonds. The van der Waals surface area contributed by atoms with Crippen molar-refractivity contribution in [3.05, 3.63) is 0 Å². The Bertz CT molecular complexity index is 227. The standard InChI is InChI=1S/C17H36N2/c1-14(2)10-8-6-7-9-12-19-13-11-17(18-5)15(3)16(19)4/h14-18H,6-13H2,1-5H3. The number of nitrogens with zero attached hydrogens (tertiary/aromatic N) is 1. The van der Waals surface area contributed by atoms with E-state index in [1.807, 2.05) is 0 Å². The number of hydrogen-bond donors (Lipinski definition) is 1. The van der Waals surface area contributed by atoms with E-state index < -0.39 is 0 Å². The van der Waals surface area contributed by atoms with Gasteiger partial charge in [-0.3, -0.25) is 0 Å². The molecule has 0 aliphatic carbocycles. The minimum absolute atomic E-state index is 0.720. The van der Waals surface area contributed by atoms with Crippen LogP contribution >= 0.6 is 0 Å². The molecule has 114 valence electrons. The molecule has 0 radical (unpaired) electrons. The fourth-order valence-corrected chi connectivity index (χ4v) is 3.38. The lowest BCUT2D eigenvalue weighted by Gasteiger charge is -2.42. The van der Waals surface area contributed by atoms with Crippen LogP contribution in [0.1, 0.15) is 66.2 Å². The molecule has 19 heavy (non-hydrogen) atoms. The van der Waals surface area contributed by atoms with Crippen molar-refractivity contribution >= 4 is 0 Å². The maximum Gasteiger partial charge on any atom is 0.0117 e. The molecule has 1 fully saturated rings. The van der Waals surface area contributed by atoms with Gasteiger partial charge in [-0.05, 0) is 51.7 Å². The molecule has 2 heteroatoms. The zero-order valence-electron chi connectivity index (χ0n) is 13.9. The second-order valence-electron chi connectivity index (χ2n) is 6.92. The summed E-state index contributed by atoms with van der Waals surface area (Å²) in [5.74, 6) is 1.65. The van der Waals surface area contributed by atoms with Crippen LogP contribution in [0.5, 0.6) is 0 Å². The van der Waals surface area contributed by atoms with E-state index in [1.54, 1.807) is 0 Å². The highest BCUT2D eigenvalue weighted by molar-refractivity contribution is 4.87. The van der Waals surface area contributed by atoms with Gasteiger partial charge in [0.15, 0.2) is 0 Å². The molecular weight excluding hydrogens is 232 g/mol. The normalized spacial score (nSPS) is 29.1. The molecule has 1 N–H and O–H groups in total. The quantitative estimate of drug-likeness (QED) is 0.671. The minimum atomic E-state index is 0.720. The van der Waals surface area contributed by atoms with E-state index in [1.165, 1.54) is 51.6 Å². The van der Waals surface area contributed by atoms with Gasteiger partial charge < -0.3 is 10.2 Å². The van der Waals surface area contributed by atoms with Crippen molar-refractivity contribution in [1.82, 2.24) is 10.2 Å². The summed E-state index contributed by atoms with van der Waals surface area (Å²) in [5.41, 5.74) is 0. The fourth-order valence-electron chi connectivity index (χ4n) is 3.38. The molecule has 2 nitrogen and oxygen atoms in total. The van der Waals surface area contributed by atoms with E-state index in [0.717, 1.165) is 23.9 Å². The van der Waals surface area contributed by atoms with Gasteiger partial charge in [-0.1, -0.05) is 46.5 Å². The van der Waals surface area contributed by atoms with Gasteiger partial charge >= 0.3 is 0 Å². The van der Waals surface area contributed by atoms with E-state index in [4.69, 9.17) is 0 Å². The lowest BCUT2D eigenvalue weighted by molar-refractivity contribution is 0.0859. The van der Waals surface area contributed by atoms with Crippen LogP contribution in [0.3, 0.4) is 0 Å². The highest BCUT2D eigenvalue weighted by atomic mass is 15.2. The molecule has 0 bridgehead atoms. The number of rotatable bonds is 8. The largest absolute Gasteiger partial charge is 0.317 e. The second kappa shape index (κ2) is 8.97. The lowest BCUT2D eigenvalue weighted by atomic mass is 9.87. The molecule has 1 heterocycles. The molecule has 3 atom stereocenters. The number of likely N-dealkylation sites (tertiary alicyclic amines) is 1. The van der Waals surface area contributed by atoms with Crippen molar-refractivity contribution < 1.29 is 0 Å². The Labute approximate surface area is 121 Å². The van der Waals surface area contributed by atoms with Crippen molar-refractivity contribution in [2.75, 3.05) is 20.1 Å². The third-order valence-corrected chi connectivity index (χ3v) is 5.05. The van der Waals surface area contributed by atoms with Crippen molar-refractivity contribution in [3.63, 3.8) is 0 Å². The van der Waals surface area contributed by atoms with Crippen LogP contribution in [0, 0.1) is 11.8 Å². The second-order valence-corrected chi connectivity index (χ2v) is 6.92. The van der Waals surface area contributed by atoms with Crippen LogP contribution in [0.25, 0.3) is 0 Å². The van der Waals surface area contributed by atoms with Crippen LogP contribution in [0.2, 0.25) is 0 Å². The lowest BCUT2D eigenvalue weighted by Crippen LogP contribution is -2.52. The van der Waals surface area contributed by atoms with Gasteiger partial charge in [0.2, 0.25) is 0 Å². The van der Waals surface area contributed by atoms with Gasteiger partial charge in [-0.25, -0.2) is 0 Å². The molecule has 0 aromatic heterocycles. The Hall–Kier alpha value is -0.0800. The predicted molar refractivity (Wildman–Crippen MR) is 85.6 cm³/mol. The first-order valence-corrected chi connectivity index (χ1v) is 8.47. The van der Waals surface area contributed by atoms with Gasteiger partial charge in [-0.2, -0.15) is 0 Å². The Morgan fingerprint density at radius 2 is 1.79 bits per heavy atom. The topological polar surface area (TPSA) is 15.3 Å². The van der Waals surface area contributed by atoms with Gasteiger partial charge in [0.1, 0.15) is 0 Å². The number of hydrogen-bond acceptors (Lipinski definition) is 2. The zero-order valence-corrected chi connectivity index (χ0v) is 13.9. The summed E-state index contributed by atoms with van der Waals surface area (Å²) in [6.07, 6.45) is 8.37. The molecule has 0 aromatic carbocycles. The first-order valence-electron chi connectivity index (χ1n) is 8.47. The third-order valence-electron chi connectivity index (χ3n) is 5.05. The third kappa shape index (κ3) is 5.83. The fraction of sp³-hybridized carbons (Fsp3) is 1.00. The SMILES string of the molecule is CNC1CCN(CCCCCCC(C)C)C(C)C1C. The van der Waals surface area contributed by atoms with Crippen LogP contribution in [-0.4, -0.2) is 37.1 Å². The van der Waals surface area contributed by atoms with Crippen molar-refractivity contribution in [2.24, 2.45) is 11.8 Å². The van der Waals surface area contributed by atoms with E-state index in [-0.39, 0.29) is 0 Å². The Morgan fingerprint density at radius 1 is 1.11 bits per heavy atom. The predicted octanol–water partition coefficient (Wildman–Crippen LogP) is 3.91. The molecule has 1 aliphatic heterocycles. The number of unbranched alkanes of at least 4 members (excludes halogenated alkanes) is 3. The summed E-state index contributed by atoms with van der Waals surface area (Å²) in [6, 6.07) is 1.46. The van der Waals surface area contributed by atoms with E-state index in [9.17, 15) is 0 Å². The highest BCUT2D eigenvalue weighted by Crippen LogP contribution is 2.23. The van der Waals surface area contributed by atoms with Gasteiger partial charge in [0.25, 0.3) is 0 Å². The van der Waals surface area contributed by atoms with Crippen LogP contribution < -0.4 is 5.32 Å². The molecule has 0 spiro atoms. The first-order chi connectivity index (χ1) is 9.06. The minimum Gasteiger partial charge on any atom is -0.317 e. The van der Waals surface area contributed by atoms with E-state index in [2.05, 4.69) is 45.0 Å². The van der Waals surface area contributed by atoms with Crippen molar-refractivity contribution in [1.29, 1.82) is 0 Å². The van der Waals surface area contributed by atoms with Crippen molar-refractivity contribution in [2.45, 2.75) is 78.3 Å². The molecule has 0 aromatic rings. The van der Waals surface area contributed by atoms with Gasteiger partial charge in [0.05, 0.1) is 0 Å². The molecule has 1 aliphatic rings. The Balaban J connectivity index is 2.13. The first kappa shape index (κ1) is 17.0. The summed E-state index contributed by atoms with van der Waals surface area (Å²) in [6.45, 7) is 12.1. The average molecular weight is 268 g/mol. The van der Waals surface area contributed by atoms with Crippen molar-refractivity contribution in [3.8, 4) is 0 Å². The average Bonchev–Trinajstić information content (AvgIpc) is 2.38. The van der Waals surface area contributed by atoms with Gasteiger partial charge in [-0.15, -0.1) is 0 Å². The molecule has 0 saturated carbocycles. The van der Waals surface area contributed by atoms with Crippen LogP contribution in [0.4, 0.5) is 0 Å². The summed E-state index contributed by atoms with van der Waals surface area (Å²) < 4.78 is 0. The summed E-state index contributed by atoms with van der Waals surface area (Å²) in [5, 5.41) is 3.47. The molecular formula is C17H36N2. The van der Waals surface area contributed by atoms with Crippen LogP contribution in [0.15, 0.2) is 0 Å². The molecule has 1 saturated heterocycles. The maximum absolute atomic E-state index is 3.47. The Kier molecular flexibility index (Phi) is 8.01. The monoisotopic (exact) mass is 268 g/mol. The number of piperidine rings is 1. The number of nitrogens with one attached hydrogen (secondary N) is 1. The summed E-state index contributed by atoms with van der Waals surface area (Å²) in [7, 11) is 2.11. The van der Waals surface area contributed by atoms with E-state index >= 15 is 0 Å². The maximum atomic E-state index is 3.47. The highest BCUT2D eigenvalue weighted by Gasteiger charge is 2.30. The van der Waals surface area contributed by atoms with E-state index in [0.29, 0.717) is 0 Å². The smallest absolute Gasteiger partial charge is 0.0117 e. The van der Waals surface area contributed by atoms with Gasteiger partial charge in [0, 0.05) is 12.1 Å². The molecule has 3 unspecified atom stereocenters. The van der Waals surface area contributed by atoms with Crippen LogP contribution in [-0.2, 0) is 0 Å². The Morgan fingerprint density at radius 3 is 2.42 bits per heavy atom.